The van der Waals surface area contributed by atoms with Gasteiger partial charge in [-0.2, -0.15) is 5.10 Å². The molecule has 0 fully saturated rings. The van der Waals surface area contributed by atoms with E-state index in [1.165, 1.54) is 7.11 Å². The molecule has 0 bridgehead atoms. The van der Waals surface area contributed by atoms with Crippen LogP contribution in [0.2, 0.25) is 0 Å². The second-order valence-corrected chi connectivity index (χ2v) is 8.30. The molecule has 5 rings (SSSR count). The van der Waals surface area contributed by atoms with Gasteiger partial charge in [0.2, 0.25) is 6.23 Å². The minimum atomic E-state index is -0.471. The summed E-state index contributed by atoms with van der Waals surface area (Å²) in [6, 6.07) is 21.3. The number of carbonyl (C=O) groups is 1. The number of hydrazone groups is 1. The van der Waals surface area contributed by atoms with Crippen molar-refractivity contribution in [1.82, 2.24) is 5.01 Å². The van der Waals surface area contributed by atoms with Gasteiger partial charge in [-0.15, -0.1) is 0 Å². The fourth-order valence-electron chi connectivity index (χ4n) is 4.56. The number of rotatable bonds is 7. The Morgan fingerprint density at radius 1 is 1.00 bits per heavy atom. The van der Waals surface area contributed by atoms with Crippen LogP contribution >= 0.6 is 0 Å². The van der Waals surface area contributed by atoms with E-state index in [4.69, 9.17) is 24.0 Å². The highest BCUT2D eigenvalue weighted by Crippen LogP contribution is 2.50. The Morgan fingerprint density at radius 2 is 1.74 bits per heavy atom. The van der Waals surface area contributed by atoms with Crippen molar-refractivity contribution >= 4 is 11.7 Å². The molecular formula is C28H28N2O5. The van der Waals surface area contributed by atoms with Crippen molar-refractivity contribution in [3.63, 3.8) is 0 Å². The van der Waals surface area contributed by atoms with Gasteiger partial charge in [0.05, 0.1) is 37.6 Å². The predicted molar refractivity (Wildman–Crippen MR) is 132 cm³/mol. The summed E-state index contributed by atoms with van der Waals surface area (Å²) < 4.78 is 22.9. The number of esters is 1. The van der Waals surface area contributed by atoms with Crippen LogP contribution in [0.1, 0.15) is 59.6 Å². The highest BCUT2D eigenvalue weighted by atomic mass is 16.5. The van der Waals surface area contributed by atoms with Gasteiger partial charge in [-0.25, -0.2) is 9.80 Å². The average Bonchev–Trinajstić information content (AvgIpc) is 3.35. The van der Waals surface area contributed by atoms with Crippen LogP contribution in [0, 0.1) is 0 Å². The summed E-state index contributed by atoms with van der Waals surface area (Å²) in [5, 5.41) is 7.02. The molecule has 0 aromatic heterocycles. The number of hydrogen-bond donors (Lipinski definition) is 0. The lowest BCUT2D eigenvalue weighted by Crippen LogP contribution is -2.34. The summed E-state index contributed by atoms with van der Waals surface area (Å²) in [7, 11) is 1.37. The number of ether oxygens (including phenoxy) is 4. The predicted octanol–water partition coefficient (Wildman–Crippen LogP) is 5.51. The van der Waals surface area contributed by atoms with Gasteiger partial charge in [-0.1, -0.05) is 24.3 Å². The van der Waals surface area contributed by atoms with E-state index in [9.17, 15) is 4.79 Å². The Hall–Kier alpha value is -4.00. The van der Waals surface area contributed by atoms with E-state index in [1.54, 1.807) is 12.1 Å². The number of benzene rings is 3. The molecule has 0 radical (unpaired) electrons. The molecule has 2 atom stereocenters. The van der Waals surface area contributed by atoms with Crippen molar-refractivity contribution in [2.24, 2.45) is 5.10 Å². The molecule has 0 unspecified atom stereocenters. The van der Waals surface area contributed by atoms with Gasteiger partial charge in [-0.3, -0.25) is 0 Å². The normalized spacial score (nSPS) is 18.1. The lowest BCUT2D eigenvalue weighted by atomic mass is 9.95. The summed E-state index contributed by atoms with van der Waals surface area (Å²) >= 11 is 0. The van der Waals surface area contributed by atoms with E-state index < -0.39 is 6.23 Å². The van der Waals surface area contributed by atoms with Gasteiger partial charge in [0.1, 0.15) is 5.75 Å². The summed E-state index contributed by atoms with van der Waals surface area (Å²) in [5.74, 6) is 1.92. The van der Waals surface area contributed by atoms with E-state index >= 15 is 0 Å². The minimum Gasteiger partial charge on any atom is -0.494 e. The fourth-order valence-corrected chi connectivity index (χ4v) is 4.56. The van der Waals surface area contributed by atoms with Crippen molar-refractivity contribution in [3.05, 3.63) is 89.0 Å². The van der Waals surface area contributed by atoms with Crippen LogP contribution in [0.3, 0.4) is 0 Å². The summed E-state index contributed by atoms with van der Waals surface area (Å²) in [6.45, 7) is 5.10. The topological polar surface area (TPSA) is 69.6 Å². The number of fused-ring (bicyclic) bond motifs is 3. The maximum absolute atomic E-state index is 11.9. The molecule has 3 aromatic rings. The smallest absolute Gasteiger partial charge is 0.337 e. The first kappa shape index (κ1) is 22.8. The molecule has 0 N–H and O–H groups in total. The molecule has 0 spiro atoms. The molecule has 180 valence electrons. The summed E-state index contributed by atoms with van der Waals surface area (Å²) in [5.41, 5.74) is 4.44. The van der Waals surface area contributed by atoms with E-state index in [0.717, 1.165) is 46.1 Å². The Labute approximate surface area is 204 Å². The zero-order valence-corrected chi connectivity index (χ0v) is 20.1. The van der Waals surface area contributed by atoms with Crippen LogP contribution in [0.4, 0.5) is 0 Å². The van der Waals surface area contributed by atoms with Crippen LogP contribution in [0.15, 0.2) is 71.8 Å². The molecule has 3 aromatic carbocycles. The monoisotopic (exact) mass is 472 g/mol. The standard InChI is InChI=1S/C28H28N2O5/c1-4-33-21-15-13-18(14-16-21)23-17-24-22-7-6-8-25(34-5-2)26(22)35-27(30(24)29-23)19-9-11-20(12-10-19)28(31)32-3/h6-16,24,27H,4-5,17H2,1-3H3/t24-,27+/m1/s1. The lowest BCUT2D eigenvalue weighted by molar-refractivity contribution is -0.0212. The lowest BCUT2D eigenvalue weighted by Gasteiger charge is -2.38. The van der Waals surface area contributed by atoms with Crippen molar-refractivity contribution < 1.29 is 23.7 Å². The number of para-hydroxylation sites is 1. The molecule has 2 aliphatic heterocycles. The van der Waals surface area contributed by atoms with Gasteiger partial charge in [0.15, 0.2) is 11.5 Å². The molecule has 0 aliphatic carbocycles. The average molecular weight is 473 g/mol. The molecule has 0 saturated carbocycles. The number of methoxy groups -OCH3 is 1. The second-order valence-electron chi connectivity index (χ2n) is 8.30. The zero-order valence-electron chi connectivity index (χ0n) is 20.1. The van der Waals surface area contributed by atoms with Crippen LogP contribution in [0.5, 0.6) is 17.2 Å². The molecular weight excluding hydrogens is 444 g/mol. The van der Waals surface area contributed by atoms with Crippen molar-refractivity contribution in [1.29, 1.82) is 0 Å². The fraction of sp³-hybridized carbons (Fsp3) is 0.286. The van der Waals surface area contributed by atoms with E-state index in [2.05, 4.69) is 6.07 Å². The van der Waals surface area contributed by atoms with Crippen molar-refractivity contribution in [2.45, 2.75) is 32.5 Å². The van der Waals surface area contributed by atoms with Crippen molar-refractivity contribution in [2.75, 3.05) is 20.3 Å². The summed E-state index contributed by atoms with van der Waals surface area (Å²) in [6.07, 6.45) is 0.262. The highest BCUT2D eigenvalue weighted by molar-refractivity contribution is 6.02. The first-order valence-corrected chi connectivity index (χ1v) is 11.8. The van der Waals surface area contributed by atoms with E-state index in [1.807, 2.05) is 67.4 Å². The number of carbonyl (C=O) groups excluding carboxylic acids is 1. The third-order valence-electron chi connectivity index (χ3n) is 6.20. The van der Waals surface area contributed by atoms with Gasteiger partial charge in [-0.05, 0) is 61.9 Å². The van der Waals surface area contributed by atoms with Gasteiger partial charge in [0.25, 0.3) is 0 Å². The largest absolute Gasteiger partial charge is 0.494 e. The third-order valence-corrected chi connectivity index (χ3v) is 6.20. The van der Waals surface area contributed by atoms with Gasteiger partial charge >= 0.3 is 5.97 Å². The minimum absolute atomic E-state index is 0.00833. The second kappa shape index (κ2) is 9.70. The molecule has 7 heteroatoms. The Balaban J connectivity index is 1.54. The SMILES string of the molecule is CCOc1ccc(C2=NN3[C@H](C2)c2cccc(OCC)c2O[C@H]3c2ccc(C(=O)OC)cc2)cc1. The number of nitrogens with zero attached hydrogens (tertiary/aromatic N) is 2. The molecule has 0 saturated heterocycles. The zero-order chi connectivity index (χ0) is 24.4. The first-order valence-electron chi connectivity index (χ1n) is 11.8. The van der Waals surface area contributed by atoms with Crippen LogP contribution < -0.4 is 14.2 Å². The molecule has 35 heavy (non-hydrogen) atoms. The highest BCUT2D eigenvalue weighted by Gasteiger charge is 2.42. The van der Waals surface area contributed by atoms with Gasteiger partial charge in [0, 0.05) is 17.5 Å². The molecule has 7 nitrogen and oxygen atoms in total. The van der Waals surface area contributed by atoms with E-state index in [0.29, 0.717) is 18.8 Å². The van der Waals surface area contributed by atoms with Crippen molar-refractivity contribution in [3.8, 4) is 17.2 Å². The van der Waals surface area contributed by atoms with Gasteiger partial charge < -0.3 is 18.9 Å². The van der Waals surface area contributed by atoms with Crippen LogP contribution in [-0.2, 0) is 4.74 Å². The van der Waals surface area contributed by atoms with E-state index in [-0.39, 0.29) is 12.0 Å². The maximum Gasteiger partial charge on any atom is 0.337 e. The first-order chi connectivity index (χ1) is 17.1. The summed E-state index contributed by atoms with van der Waals surface area (Å²) in [4.78, 5) is 11.9. The quantitative estimate of drug-likeness (QED) is 0.422. The molecule has 0 amide bonds. The van der Waals surface area contributed by atoms with Crippen LogP contribution in [0.25, 0.3) is 0 Å². The number of hydrogen-bond acceptors (Lipinski definition) is 7. The van der Waals surface area contributed by atoms with Crippen LogP contribution in [-0.4, -0.2) is 37.0 Å². The Morgan fingerprint density at radius 3 is 2.43 bits per heavy atom. The maximum atomic E-state index is 11.9. The molecule has 2 aliphatic rings. The Kier molecular flexibility index (Phi) is 6.31. The Bertz CT molecular complexity index is 1240. The third kappa shape index (κ3) is 4.30. The molecule has 2 heterocycles.